The van der Waals surface area contributed by atoms with E-state index in [0.717, 1.165) is 29.9 Å². The molecule has 2 aliphatic heterocycles. The van der Waals surface area contributed by atoms with E-state index in [1.807, 2.05) is 80.1 Å². The van der Waals surface area contributed by atoms with Gasteiger partial charge in [-0.05, 0) is 76.1 Å². The fourth-order valence-electron chi connectivity index (χ4n) is 4.74. The minimum absolute atomic E-state index is 0.237. The number of piperidine rings is 1. The number of amides is 1. The highest BCUT2D eigenvalue weighted by Crippen LogP contribution is 2.37. The van der Waals surface area contributed by atoms with Crippen molar-refractivity contribution in [2.45, 2.75) is 39.2 Å². The number of ether oxygens (including phenoxy) is 2. The maximum absolute atomic E-state index is 12.5. The fourth-order valence-corrected chi connectivity index (χ4v) is 4.74. The molecule has 1 saturated heterocycles. The molecule has 1 fully saturated rings. The number of nitrogens with one attached hydrogen (secondary N) is 1. The van der Waals surface area contributed by atoms with Gasteiger partial charge in [0.1, 0.15) is 40.2 Å². The first kappa shape index (κ1) is 24.4. The molecule has 37 heavy (non-hydrogen) atoms. The van der Waals surface area contributed by atoms with Crippen LogP contribution >= 0.6 is 0 Å². The molecule has 0 unspecified atom stereocenters. The lowest BCUT2D eigenvalue weighted by atomic mass is 9.92. The van der Waals surface area contributed by atoms with Crippen molar-refractivity contribution in [2.24, 2.45) is 5.92 Å². The SMILES string of the molecule is CC(C)(C)OC(=O)N1CCC(C2=CCNc3c(C#N)c(-c4ccc(Oc5ccccc5)cc4)nn32)CC1. The van der Waals surface area contributed by atoms with Crippen LogP contribution < -0.4 is 10.1 Å². The van der Waals surface area contributed by atoms with Gasteiger partial charge >= 0.3 is 6.09 Å². The number of fused-ring (bicyclic) bond motifs is 1. The molecular formula is C29H31N5O3. The first-order valence-corrected chi connectivity index (χ1v) is 12.6. The highest BCUT2D eigenvalue weighted by atomic mass is 16.6. The number of anilines is 1. The Balaban J connectivity index is 1.34. The second-order valence-corrected chi connectivity index (χ2v) is 10.3. The Morgan fingerprint density at radius 3 is 2.38 bits per heavy atom. The molecule has 5 rings (SSSR count). The van der Waals surface area contributed by atoms with Crippen LogP contribution in [-0.4, -0.2) is 46.0 Å². The summed E-state index contributed by atoms with van der Waals surface area (Å²) in [6.07, 6.45) is 3.49. The van der Waals surface area contributed by atoms with Gasteiger partial charge in [0.25, 0.3) is 0 Å². The van der Waals surface area contributed by atoms with Crippen LogP contribution in [0, 0.1) is 17.2 Å². The van der Waals surface area contributed by atoms with E-state index >= 15 is 0 Å². The molecule has 2 aromatic carbocycles. The van der Waals surface area contributed by atoms with Gasteiger partial charge in [-0.1, -0.05) is 18.2 Å². The van der Waals surface area contributed by atoms with E-state index in [0.29, 0.717) is 42.5 Å². The molecule has 0 radical (unpaired) electrons. The first-order valence-electron chi connectivity index (χ1n) is 12.6. The number of hydrogen-bond donors (Lipinski definition) is 1. The lowest BCUT2D eigenvalue weighted by molar-refractivity contribution is 0.0198. The second-order valence-electron chi connectivity index (χ2n) is 10.3. The van der Waals surface area contributed by atoms with Gasteiger partial charge in [-0.15, -0.1) is 0 Å². The number of nitrogens with zero attached hydrogens (tertiary/aromatic N) is 4. The average molecular weight is 498 g/mol. The molecule has 8 heteroatoms. The molecule has 8 nitrogen and oxygen atoms in total. The van der Waals surface area contributed by atoms with Crippen molar-refractivity contribution in [2.75, 3.05) is 25.0 Å². The van der Waals surface area contributed by atoms with Gasteiger partial charge in [-0.3, -0.25) is 0 Å². The third kappa shape index (κ3) is 5.31. The van der Waals surface area contributed by atoms with E-state index in [9.17, 15) is 10.1 Å². The number of allylic oxidation sites excluding steroid dienone is 1. The van der Waals surface area contributed by atoms with Crippen molar-refractivity contribution < 1.29 is 14.3 Å². The van der Waals surface area contributed by atoms with Gasteiger partial charge in [0.15, 0.2) is 0 Å². The molecule has 0 bridgehead atoms. The van der Waals surface area contributed by atoms with Crippen molar-refractivity contribution >= 4 is 17.6 Å². The molecule has 190 valence electrons. The number of rotatable bonds is 4. The van der Waals surface area contributed by atoms with Crippen molar-refractivity contribution in [3.63, 3.8) is 0 Å². The molecule has 3 heterocycles. The molecule has 1 aromatic heterocycles. The number of carbonyl (C=O) groups is 1. The van der Waals surface area contributed by atoms with Crippen LogP contribution in [-0.2, 0) is 4.74 Å². The second kappa shape index (κ2) is 10.0. The van der Waals surface area contributed by atoms with E-state index in [-0.39, 0.29) is 12.0 Å². The Morgan fingerprint density at radius 2 is 1.73 bits per heavy atom. The number of hydrogen-bond acceptors (Lipinski definition) is 6. The number of nitriles is 1. The molecule has 0 aliphatic carbocycles. The van der Waals surface area contributed by atoms with Crippen LogP contribution in [0.2, 0.25) is 0 Å². The fraction of sp³-hybridized carbons (Fsp3) is 0.345. The van der Waals surface area contributed by atoms with Crippen LogP contribution in [0.1, 0.15) is 39.2 Å². The van der Waals surface area contributed by atoms with Gasteiger partial charge in [-0.25, -0.2) is 9.48 Å². The summed E-state index contributed by atoms with van der Waals surface area (Å²) in [6.45, 7) is 7.52. The van der Waals surface area contributed by atoms with Crippen LogP contribution in [0.15, 0.2) is 60.7 Å². The van der Waals surface area contributed by atoms with Gasteiger partial charge in [-0.2, -0.15) is 10.4 Å². The highest BCUT2D eigenvalue weighted by molar-refractivity contribution is 5.78. The minimum Gasteiger partial charge on any atom is -0.457 e. The van der Waals surface area contributed by atoms with Crippen molar-refractivity contribution in [1.82, 2.24) is 14.7 Å². The normalized spacial score (nSPS) is 15.7. The summed E-state index contributed by atoms with van der Waals surface area (Å²) < 4.78 is 13.3. The lowest BCUT2D eigenvalue weighted by Gasteiger charge is -2.35. The van der Waals surface area contributed by atoms with E-state index in [1.54, 1.807) is 4.90 Å². The molecule has 0 atom stereocenters. The molecule has 1 amide bonds. The third-order valence-electron chi connectivity index (χ3n) is 6.49. The summed E-state index contributed by atoms with van der Waals surface area (Å²) in [7, 11) is 0. The van der Waals surface area contributed by atoms with E-state index < -0.39 is 5.60 Å². The summed E-state index contributed by atoms with van der Waals surface area (Å²) in [5.74, 6) is 2.43. The molecule has 1 N–H and O–H groups in total. The Bertz CT molecular complexity index is 1340. The number of carbonyl (C=O) groups excluding carboxylic acids is 1. The predicted octanol–water partition coefficient (Wildman–Crippen LogP) is 6.13. The van der Waals surface area contributed by atoms with Crippen molar-refractivity contribution in [1.29, 1.82) is 5.26 Å². The molecule has 0 spiro atoms. The summed E-state index contributed by atoms with van der Waals surface area (Å²) >= 11 is 0. The van der Waals surface area contributed by atoms with Crippen molar-refractivity contribution in [3.05, 3.63) is 66.2 Å². The van der Waals surface area contributed by atoms with Gasteiger partial charge in [0.2, 0.25) is 0 Å². The number of aromatic nitrogens is 2. The quantitative estimate of drug-likeness (QED) is 0.466. The summed E-state index contributed by atoms with van der Waals surface area (Å²) in [5, 5.41) is 18.2. The maximum Gasteiger partial charge on any atom is 0.410 e. The molecular weight excluding hydrogens is 466 g/mol. The van der Waals surface area contributed by atoms with E-state index in [4.69, 9.17) is 14.6 Å². The summed E-state index contributed by atoms with van der Waals surface area (Å²) in [4.78, 5) is 14.3. The zero-order valence-electron chi connectivity index (χ0n) is 21.4. The van der Waals surface area contributed by atoms with Gasteiger partial charge in [0, 0.05) is 36.8 Å². The van der Waals surface area contributed by atoms with E-state index in [1.165, 1.54) is 0 Å². The first-order chi connectivity index (χ1) is 17.8. The summed E-state index contributed by atoms with van der Waals surface area (Å²) in [5.41, 5.74) is 2.57. The van der Waals surface area contributed by atoms with E-state index in [2.05, 4.69) is 17.5 Å². The number of benzene rings is 2. The highest BCUT2D eigenvalue weighted by Gasteiger charge is 2.32. The maximum atomic E-state index is 12.5. The Labute approximate surface area is 217 Å². The van der Waals surface area contributed by atoms with Gasteiger partial charge < -0.3 is 19.7 Å². The standard InChI is InChI=1S/C29H31N5O3/c1-29(2,3)37-28(35)33-17-14-20(15-18-33)25-13-16-31-27-24(19-30)26(32-34(25)27)21-9-11-23(12-10-21)36-22-7-5-4-6-8-22/h4-13,20,31H,14-18H2,1-3H3. The van der Waals surface area contributed by atoms with Crippen molar-refractivity contribution in [3.8, 4) is 28.8 Å². The third-order valence-corrected chi connectivity index (χ3v) is 6.49. The monoisotopic (exact) mass is 497 g/mol. The Hall–Kier alpha value is -4.25. The molecule has 3 aromatic rings. The average Bonchev–Trinajstić information content (AvgIpc) is 3.28. The van der Waals surface area contributed by atoms with Crippen LogP contribution in [0.3, 0.4) is 0 Å². The Morgan fingerprint density at radius 1 is 1.05 bits per heavy atom. The van der Waals surface area contributed by atoms with Crippen LogP contribution in [0.25, 0.3) is 17.0 Å². The smallest absolute Gasteiger partial charge is 0.410 e. The van der Waals surface area contributed by atoms with Crippen LogP contribution in [0.4, 0.5) is 10.6 Å². The zero-order valence-corrected chi connectivity index (χ0v) is 21.4. The topological polar surface area (TPSA) is 92.4 Å². The van der Waals surface area contributed by atoms with Gasteiger partial charge in [0.05, 0.1) is 0 Å². The zero-order chi connectivity index (χ0) is 26.0. The lowest BCUT2D eigenvalue weighted by Crippen LogP contribution is -2.42. The number of para-hydroxylation sites is 1. The Kier molecular flexibility index (Phi) is 6.62. The largest absolute Gasteiger partial charge is 0.457 e. The summed E-state index contributed by atoms with van der Waals surface area (Å²) in [6, 6.07) is 19.6. The predicted molar refractivity (Wildman–Crippen MR) is 142 cm³/mol. The van der Waals surface area contributed by atoms with Crippen LogP contribution in [0.5, 0.6) is 11.5 Å². The molecule has 2 aliphatic rings. The minimum atomic E-state index is -0.509. The number of likely N-dealkylation sites (tertiary alicyclic amines) is 1. The molecule has 0 saturated carbocycles.